The maximum Gasteiger partial charge on any atom is 0.328 e. The number of hydrogen-bond donors (Lipinski definition) is 2. The first-order valence-electron chi connectivity index (χ1n) is 11.8. The van der Waals surface area contributed by atoms with E-state index in [1.165, 1.54) is 17.0 Å². The van der Waals surface area contributed by atoms with Crippen LogP contribution in [0.2, 0.25) is 0 Å². The average Bonchev–Trinajstić information content (AvgIpc) is 3.27. The van der Waals surface area contributed by atoms with Crippen LogP contribution < -0.4 is 25.6 Å². The molecule has 1 saturated heterocycles. The molecule has 10 nitrogen and oxygen atoms in total. The third-order valence-electron chi connectivity index (χ3n) is 6.60. The number of aromatic amines is 1. The van der Waals surface area contributed by atoms with Crippen LogP contribution in [0.3, 0.4) is 0 Å². The summed E-state index contributed by atoms with van der Waals surface area (Å²) in [5.74, 6) is 0.879. The number of hydrogen-bond acceptors (Lipinski definition) is 7. The zero-order chi connectivity index (χ0) is 26.4. The first-order chi connectivity index (χ1) is 16.8. The summed E-state index contributed by atoms with van der Waals surface area (Å²) in [5, 5.41) is 0.767. The largest absolute Gasteiger partial charge is 0.496 e. The molecule has 2 aromatic heterocycles. The summed E-state index contributed by atoms with van der Waals surface area (Å²) in [6, 6.07) is 3.94. The molecule has 0 bridgehead atoms. The quantitative estimate of drug-likeness (QED) is 0.514. The van der Waals surface area contributed by atoms with Crippen LogP contribution in [0.25, 0.3) is 22.0 Å². The lowest BCUT2D eigenvalue weighted by Crippen LogP contribution is -2.30. The van der Waals surface area contributed by atoms with Gasteiger partial charge in [0.15, 0.2) is 0 Å². The van der Waals surface area contributed by atoms with Crippen LogP contribution in [0.5, 0.6) is 5.75 Å². The Bertz CT molecular complexity index is 1540. The lowest BCUT2D eigenvalue weighted by Gasteiger charge is -2.26. The second kappa shape index (κ2) is 9.36. The van der Waals surface area contributed by atoms with E-state index in [2.05, 4.69) is 35.4 Å². The number of benzene rings is 1. The van der Waals surface area contributed by atoms with Gasteiger partial charge in [-0.15, -0.1) is 0 Å². The average molecular weight is 516 g/mol. The first kappa shape index (κ1) is 25.9. The van der Waals surface area contributed by atoms with Crippen LogP contribution in [-0.4, -0.2) is 56.0 Å². The number of nitrogens with one attached hydrogen (secondary N) is 2. The van der Waals surface area contributed by atoms with Gasteiger partial charge in [-0.1, -0.05) is 20.8 Å². The highest BCUT2D eigenvalue weighted by atomic mass is 32.2. The Labute approximate surface area is 210 Å². The normalized spacial score (nSPS) is 16.6. The number of H-pyrrole nitrogens is 1. The molecular formula is C25H33N5O5S. The third-order valence-corrected chi connectivity index (χ3v) is 7.29. The van der Waals surface area contributed by atoms with Crippen LogP contribution in [-0.2, 0) is 22.5 Å². The lowest BCUT2D eigenvalue weighted by molar-refractivity contribution is 0.402. The molecule has 0 spiro atoms. The van der Waals surface area contributed by atoms with Crippen molar-refractivity contribution >= 4 is 26.6 Å². The van der Waals surface area contributed by atoms with Gasteiger partial charge in [-0.2, -0.15) is 0 Å². The van der Waals surface area contributed by atoms with Crippen molar-refractivity contribution in [3.8, 4) is 16.9 Å². The lowest BCUT2D eigenvalue weighted by atomic mass is 9.83. The predicted octanol–water partition coefficient (Wildman–Crippen LogP) is 1.97. The molecule has 1 aromatic carbocycles. The Morgan fingerprint density at radius 2 is 1.94 bits per heavy atom. The molecule has 1 aliphatic heterocycles. The molecule has 0 saturated carbocycles. The van der Waals surface area contributed by atoms with Crippen molar-refractivity contribution in [2.75, 3.05) is 37.9 Å². The number of rotatable bonds is 6. The minimum Gasteiger partial charge on any atom is -0.496 e. The number of pyridine rings is 1. The van der Waals surface area contributed by atoms with Crippen molar-refractivity contribution in [3.63, 3.8) is 0 Å². The van der Waals surface area contributed by atoms with Gasteiger partial charge in [-0.05, 0) is 29.9 Å². The maximum absolute atomic E-state index is 12.8. The predicted molar refractivity (Wildman–Crippen MR) is 141 cm³/mol. The van der Waals surface area contributed by atoms with Gasteiger partial charge in [0.1, 0.15) is 5.75 Å². The number of fused-ring (bicyclic) bond motifs is 1. The highest BCUT2D eigenvalue weighted by Crippen LogP contribution is 2.42. The number of sulfonamides is 1. The fourth-order valence-corrected chi connectivity index (χ4v) is 5.22. The van der Waals surface area contributed by atoms with Gasteiger partial charge in [-0.25, -0.2) is 17.9 Å². The number of aryl methyl sites for hydroxylation is 1. The molecule has 0 unspecified atom stereocenters. The molecule has 2 N–H and O–H groups in total. The number of anilines is 1. The standard InChI is InChI=1S/C25H33N5O5S/c1-25(2,3)20-10-17(19-14-29(4)24(32)28-23(19)31)21-18(22(20)35-5)9-16(12-26-21)30-8-7-15(13-30)11-27-36(6,33)34/h9-10,12,14-15,27H,7-8,11,13H2,1-6H3,(H,28,31,32)/t15-/m1/s1. The highest BCUT2D eigenvalue weighted by molar-refractivity contribution is 7.88. The van der Waals surface area contributed by atoms with Gasteiger partial charge in [0.2, 0.25) is 10.0 Å². The summed E-state index contributed by atoms with van der Waals surface area (Å²) in [7, 11) is -0.0250. The van der Waals surface area contributed by atoms with Gasteiger partial charge < -0.3 is 14.2 Å². The minimum atomic E-state index is -3.24. The first-order valence-corrected chi connectivity index (χ1v) is 13.7. The fourth-order valence-electron chi connectivity index (χ4n) is 4.68. The molecule has 3 aromatic rings. The van der Waals surface area contributed by atoms with Crippen molar-refractivity contribution in [1.29, 1.82) is 0 Å². The van der Waals surface area contributed by atoms with Crippen molar-refractivity contribution < 1.29 is 13.2 Å². The van der Waals surface area contributed by atoms with E-state index in [9.17, 15) is 18.0 Å². The van der Waals surface area contributed by atoms with E-state index >= 15 is 0 Å². The summed E-state index contributed by atoms with van der Waals surface area (Å²) in [6.07, 6.45) is 5.33. The molecule has 4 rings (SSSR count). The van der Waals surface area contributed by atoms with Gasteiger partial charge in [0, 0.05) is 49.4 Å². The van der Waals surface area contributed by atoms with E-state index in [0.717, 1.165) is 29.6 Å². The van der Waals surface area contributed by atoms with Crippen molar-refractivity contribution in [2.24, 2.45) is 13.0 Å². The van der Waals surface area contributed by atoms with Crippen molar-refractivity contribution in [1.82, 2.24) is 19.3 Å². The Balaban J connectivity index is 1.86. The summed E-state index contributed by atoms with van der Waals surface area (Å²) < 4.78 is 32.8. The number of nitrogens with zero attached hydrogens (tertiary/aromatic N) is 3. The van der Waals surface area contributed by atoms with Crippen LogP contribution in [0, 0.1) is 5.92 Å². The Morgan fingerprint density at radius 3 is 2.58 bits per heavy atom. The van der Waals surface area contributed by atoms with Crippen LogP contribution in [0.15, 0.2) is 34.1 Å². The zero-order valence-corrected chi connectivity index (χ0v) is 22.3. The molecule has 11 heteroatoms. The van der Waals surface area contributed by atoms with E-state index < -0.39 is 21.3 Å². The Morgan fingerprint density at radius 1 is 1.22 bits per heavy atom. The summed E-state index contributed by atoms with van der Waals surface area (Å²) in [6.45, 7) is 8.09. The van der Waals surface area contributed by atoms with Crippen molar-refractivity contribution in [2.45, 2.75) is 32.6 Å². The molecule has 1 aliphatic rings. The fraction of sp³-hybridized carbons (Fsp3) is 0.480. The summed E-state index contributed by atoms with van der Waals surface area (Å²) in [5.41, 5.74) is 2.12. The summed E-state index contributed by atoms with van der Waals surface area (Å²) >= 11 is 0. The Kier molecular flexibility index (Phi) is 6.74. The molecular weight excluding hydrogens is 482 g/mol. The molecule has 1 fully saturated rings. The zero-order valence-electron chi connectivity index (χ0n) is 21.5. The van der Waals surface area contributed by atoms with E-state index in [1.807, 2.05) is 12.1 Å². The van der Waals surface area contributed by atoms with Gasteiger partial charge in [0.25, 0.3) is 5.56 Å². The highest BCUT2D eigenvalue weighted by Gasteiger charge is 2.27. The third kappa shape index (κ3) is 5.17. The maximum atomic E-state index is 12.8. The van der Waals surface area contributed by atoms with E-state index in [-0.39, 0.29) is 11.3 Å². The van der Waals surface area contributed by atoms with Crippen LogP contribution >= 0.6 is 0 Å². The SMILES string of the molecule is COc1c(C(C)(C)C)cc(-c2cn(C)c(=O)[nH]c2=O)c2ncc(N3CC[C@H](CNS(C)(=O)=O)C3)cc12. The number of methoxy groups -OCH3 is 1. The second-order valence-electron chi connectivity index (χ2n) is 10.5. The molecule has 0 amide bonds. The van der Waals surface area contributed by atoms with Crippen LogP contribution in [0.1, 0.15) is 32.8 Å². The van der Waals surface area contributed by atoms with Crippen molar-refractivity contribution in [3.05, 3.63) is 50.9 Å². The molecule has 3 heterocycles. The minimum absolute atomic E-state index is 0.193. The molecule has 36 heavy (non-hydrogen) atoms. The molecule has 194 valence electrons. The topological polar surface area (TPSA) is 126 Å². The van der Waals surface area contributed by atoms with E-state index in [4.69, 9.17) is 9.72 Å². The molecule has 1 atom stereocenters. The number of ether oxygens (including phenoxy) is 1. The van der Waals surface area contributed by atoms with Gasteiger partial charge in [0.05, 0.1) is 36.3 Å². The molecule has 0 radical (unpaired) electrons. The smallest absolute Gasteiger partial charge is 0.328 e. The molecule has 0 aliphatic carbocycles. The second-order valence-corrected chi connectivity index (χ2v) is 12.3. The summed E-state index contributed by atoms with van der Waals surface area (Å²) in [4.78, 5) is 34.1. The number of aromatic nitrogens is 3. The van der Waals surface area contributed by atoms with E-state index in [1.54, 1.807) is 20.4 Å². The van der Waals surface area contributed by atoms with Gasteiger partial charge in [-0.3, -0.25) is 14.8 Å². The van der Waals surface area contributed by atoms with Gasteiger partial charge >= 0.3 is 5.69 Å². The van der Waals surface area contributed by atoms with Crippen LogP contribution in [0.4, 0.5) is 5.69 Å². The Hall–Kier alpha value is -3.18. The van der Waals surface area contributed by atoms with E-state index in [0.29, 0.717) is 35.5 Å². The monoisotopic (exact) mass is 515 g/mol.